The van der Waals surface area contributed by atoms with Crippen LogP contribution in [0.25, 0.3) is 10.6 Å². The number of nitriles is 1. The molecule has 0 amide bonds. The second-order valence-corrected chi connectivity index (χ2v) is 7.73. The van der Waals surface area contributed by atoms with Crippen LogP contribution in [0.4, 0.5) is 0 Å². The summed E-state index contributed by atoms with van der Waals surface area (Å²) in [6, 6.07) is 14.3. The molecule has 0 spiro atoms. The van der Waals surface area contributed by atoms with Gasteiger partial charge in [-0.15, -0.1) is 11.3 Å². The van der Waals surface area contributed by atoms with Gasteiger partial charge in [0.15, 0.2) is 5.78 Å². The van der Waals surface area contributed by atoms with Crippen LogP contribution in [-0.4, -0.2) is 16.5 Å². The Morgan fingerprint density at radius 1 is 1.24 bits per heavy atom. The first-order valence-corrected chi connectivity index (χ1v) is 9.76. The molecule has 3 aromatic rings. The number of thioether (sulfide) groups is 1. The van der Waals surface area contributed by atoms with E-state index in [1.54, 1.807) is 29.5 Å². The van der Waals surface area contributed by atoms with E-state index in [9.17, 15) is 10.1 Å². The van der Waals surface area contributed by atoms with Gasteiger partial charge in [-0.2, -0.15) is 5.26 Å². The topological polar surface area (TPSA) is 53.8 Å². The molecule has 0 radical (unpaired) electrons. The minimum atomic E-state index is -0.140. The van der Waals surface area contributed by atoms with Gasteiger partial charge >= 0.3 is 0 Å². The Balaban J connectivity index is 1.81. The van der Waals surface area contributed by atoms with Gasteiger partial charge in [-0.3, -0.25) is 4.79 Å². The molecule has 3 nitrogen and oxygen atoms in total. The Morgan fingerprint density at radius 2 is 2.08 bits per heavy atom. The smallest absolute Gasteiger partial charge is 0.174 e. The van der Waals surface area contributed by atoms with Gasteiger partial charge in [0, 0.05) is 10.6 Å². The first-order valence-electron chi connectivity index (χ1n) is 7.14. The molecule has 0 N–H and O–H groups in total. The van der Waals surface area contributed by atoms with Gasteiger partial charge in [0.25, 0.3) is 0 Å². The minimum Gasteiger partial charge on any atom is -0.293 e. The lowest BCUT2D eigenvalue weighted by atomic mass is 10.1. The number of rotatable bonds is 5. The molecule has 0 saturated heterocycles. The van der Waals surface area contributed by atoms with Crippen molar-refractivity contribution in [1.29, 1.82) is 5.26 Å². The van der Waals surface area contributed by atoms with Crippen LogP contribution in [0.15, 0.2) is 52.9 Å². The molecule has 2 heterocycles. The SMILES string of the molecule is N#Cc1ccc(-c2cccs2)nc1SCC(=O)c1ccc(Cl)cc1Cl. The average molecular weight is 405 g/mol. The Morgan fingerprint density at radius 3 is 2.76 bits per heavy atom. The van der Waals surface area contributed by atoms with Gasteiger partial charge in [-0.05, 0) is 41.8 Å². The van der Waals surface area contributed by atoms with E-state index in [-0.39, 0.29) is 11.5 Å². The zero-order valence-electron chi connectivity index (χ0n) is 12.7. The molecule has 1 aromatic carbocycles. The summed E-state index contributed by atoms with van der Waals surface area (Å²) in [5, 5.41) is 12.6. The summed E-state index contributed by atoms with van der Waals surface area (Å²) in [5.41, 5.74) is 1.64. The number of ketones is 1. The molecule has 25 heavy (non-hydrogen) atoms. The van der Waals surface area contributed by atoms with E-state index in [1.807, 2.05) is 23.6 Å². The number of pyridine rings is 1. The van der Waals surface area contributed by atoms with Crippen LogP contribution < -0.4 is 0 Å². The van der Waals surface area contributed by atoms with Gasteiger partial charge < -0.3 is 0 Å². The fraction of sp³-hybridized carbons (Fsp3) is 0.0556. The maximum atomic E-state index is 12.4. The number of carbonyl (C=O) groups is 1. The standard InChI is InChI=1S/C18H10Cl2N2OS2/c19-12-4-5-13(14(20)8-12)16(23)10-25-18-11(9-21)3-6-15(22-18)17-2-1-7-24-17/h1-8H,10H2. The van der Waals surface area contributed by atoms with Crippen LogP contribution in [0.5, 0.6) is 0 Å². The second kappa shape index (κ2) is 8.03. The summed E-state index contributed by atoms with van der Waals surface area (Å²) in [7, 11) is 0. The third-order valence-electron chi connectivity index (χ3n) is 3.33. The van der Waals surface area contributed by atoms with Crippen molar-refractivity contribution < 1.29 is 4.79 Å². The molecular formula is C18H10Cl2N2OS2. The highest BCUT2D eigenvalue weighted by atomic mass is 35.5. The highest BCUT2D eigenvalue weighted by Gasteiger charge is 2.14. The van der Waals surface area contributed by atoms with E-state index in [0.29, 0.717) is 26.2 Å². The van der Waals surface area contributed by atoms with E-state index in [0.717, 1.165) is 10.6 Å². The predicted octanol–water partition coefficient (Wildman–Crippen LogP) is 5.96. The van der Waals surface area contributed by atoms with Crippen molar-refractivity contribution in [3.8, 4) is 16.6 Å². The first-order chi connectivity index (χ1) is 12.1. The molecule has 2 aromatic heterocycles. The molecule has 0 fully saturated rings. The van der Waals surface area contributed by atoms with E-state index in [1.165, 1.54) is 17.8 Å². The largest absolute Gasteiger partial charge is 0.293 e. The van der Waals surface area contributed by atoms with E-state index < -0.39 is 0 Å². The van der Waals surface area contributed by atoms with Gasteiger partial charge in [0.2, 0.25) is 0 Å². The quantitative estimate of drug-likeness (QED) is 0.388. The molecule has 0 unspecified atom stereocenters. The molecule has 124 valence electrons. The molecule has 0 bridgehead atoms. The Hall–Kier alpha value is -1.84. The summed E-state index contributed by atoms with van der Waals surface area (Å²) >= 11 is 14.7. The Labute approximate surface area is 163 Å². The molecule has 0 aliphatic carbocycles. The Bertz CT molecular complexity index is 966. The number of hydrogen-bond donors (Lipinski definition) is 0. The monoisotopic (exact) mass is 404 g/mol. The van der Waals surface area contributed by atoms with E-state index >= 15 is 0 Å². The first kappa shape index (κ1) is 18.0. The summed E-state index contributed by atoms with van der Waals surface area (Å²) in [6.07, 6.45) is 0. The number of hydrogen-bond acceptors (Lipinski definition) is 5. The average Bonchev–Trinajstić information content (AvgIpc) is 3.14. The zero-order chi connectivity index (χ0) is 17.8. The van der Waals surface area contributed by atoms with Crippen molar-refractivity contribution in [2.24, 2.45) is 0 Å². The minimum absolute atomic E-state index is 0.136. The molecule has 0 atom stereocenters. The van der Waals surface area contributed by atoms with Crippen molar-refractivity contribution in [2.75, 3.05) is 5.75 Å². The number of Topliss-reactive ketones (excluding diaryl/α,β-unsaturated/α-hetero) is 1. The molecule has 3 rings (SSSR count). The highest BCUT2D eigenvalue weighted by molar-refractivity contribution is 8.00. The van der Waals surface area contributed by atoms with Crippen molar-refractivity contribution in [3.63, 3.8) is 0 Å². The number of aromatic nitrogens is 1. The van der Waals surface area contributed by atoms with Crippen LogP contribution >= 0.6 is 46.3 Å². The summed E-state index contributed by atoms with van der Waals surface area (Å²) in [5.74, 6) is -0.00408. The lowest BCUT2D eigenvalue weighted by Crippen LogP contribution is -2.04. The van der Waals surface area contributed by atoms with Crippen molar-refractivity contribution >= 4 is 52.1 Å². The number of halogens is 2. The van der Waals surface area contributed by atoms with E-state index in [4.69, 9.17) is 23.2 Å². The van der Waals surface area contributed by atoms with Crippen LogP contribution in [0.2, 0.25) is 10.0 Å². The van der Waals surface area contributed by atoms with Gasteiger partial charge in [0.05, 0.1) is 26.9 Å². The third-order valence-corrected chi connectivity index (χ3v) is 5.76. The summed E-state index contributed by atoms with van der Waals surface area (Å²) in [6.45, 7) is 0. The van der Waals surface area contributed by atoms with Crippen LogP contribution in [0.3, 0.4) is 0 Å². The fourth-order valence-electron chi connectivity index (χ4n) is 2.12. The molecular weight excluding hydrogens is 395 g/mol. The maximum absolute atomic E-state index is 12.4. The van der Waals surface area contributed by atoms with Crippen molar-refractivity contribution in [3.05, 3.63) is 69.0 Å². The maximum Gasteiger partial charge on any atom is 0.174 e. The van der Waals surface area contributed by atoms with Gasteiger partial charge in [-0.25, -0.2) is 4.98 Å². The molecule has 0 aliphatic heterocycles. The third kappa shape index (κ3) is 4.23. The lowest BCUT2D eigenvalue weighted by Gasteiger charge is -2.06. The number of thiophene rings is 1. The Kier molecular flexibility index (Phi) is 5.77. The number of benzene rings is 1. The number of nitrogens with zero attached hydrogens (tertiary/aromatic N) is 2. The van der Waals surface area contributed by atoms with Crippen LogP contribution in [0, 0.1) is 11.3 Å². The second-order valence-electron chi connectivity index (χ2n) is 4.97. The van der Waals surface area contributed by atoms with Crippen LogP contribution in [0.1, 0.15) is 15.9 Å². The fourth-order valence-corrected chi connectivity index (χ4v) is 4.19. The molecule has 0 aliphatic rings. The molecule has 0 saturated carbocycles. The highest BCUT2D eigenvalue weighted by Crippen LogP contribution is 2.29. The summed E-state index contributed by atoms with van der Waals surface area (Å²) < 4.78 is 0. The van der Waals surface area contributed by atoms with Gasteiger partial charge in [-0.1, -0.05) is 41.0 Å². The molecule has 7 heteroatoms. The van der Waals surface area contributed by atoms with E-state index in [2.05, 4.69) is 11.1 Å². The number of carbonyl (C=O) groups excluding carboxylic acids is 1. The zero-order valence-corrected chi connectivity index (χ0v) is 15.8. The summed E-state index contributed by atoms with van der Waals surface area (Å²) in [4.78, 5) is 18.0. The van der Waals surface area contributed by atoms with Crippen molar-refractivity contribution in [2.45, 2.75) is 5.03 Å². The normalized spacial score (nSPS) is 10.4. The lowest BCUT2D eigenvalue weighted by molar-refractivity contribution is 0.102. The predicted molar refractivity (Wildman–Crippen MR) is 104 cm³/mol. The van der Waals surface area contributed by atoms with Gasteiger partial charge in [0.1, 0.15) is 11.1 Å². The van der Waals surface area contributed by atoms with Crippen molar-refractivity contribution in [1.82, 2.24) is 4.98 Å². The van der Waals surface area contributed by atoms with Crippen LogP contribution in [-0.2, 0) is 0 Å².